The van der Waals surface area contributed by atoms with E-state index in [0.717, 1.165) is 25.3 Å². The first-order valence-corrected chi connectivity index (χ1v) is 5.56. The van der Waals surface area contributed by atoms with Crippen molar-refractivity contribution in [3.63, 3.8) is 0 Å². The summed E-state index contributed by atoms with van der Waals surface area (Å²) in [7, 11) is 0. The normalized spacial score (nSPS) is 20.5. The SMILES string of the molecule is Clc1cc(NCCC2CCCO2)cnn1. The van der Waals surface area contributed by atoms with Gasteiger partial charge in [0.25, 0.3) is 0 Å². The summed E-state index contributed by atoms with van der Waals surface area (Å²) in [5, 5.41) is 11.1. The molecule has 0 aromatic carbocycles. The first-order valence-electron chi connectivity index (χ1n) is 5.18. The predicted molar refractivity (Wildman–Crippen MR) is 59.1 cm³/mol. The largest absolute Gasteiger partial charge is 0.384 e. The highest BCUT2D eigenvalue weighted by Crippen LogP contribution is 2.16. The van der Waals surface area contributed by atoms with E-state index >= 15 is 0 Å². The Hall–Kier alpha value is -0.870. The van der Waals surface area contributed by atoms with Gasteiger partial charge < -0.3 is 10.1 Å². The Morgan fingerprint density at radius 1 is 1.60 bits per heavy atom. The van der Waals surface area contributed by atoms with Gasteiger partial charge in [0.2, 0.25) is 0 Å². The molecule has 1 aromatic heterocycles. The third-order valence-corrected chi connectivity index (χ3v) is 2.63. The summed E-state index contributed by atoms with van der Waals surface area (Å²) in [5.41, 5.74) is 0.910. The number of halogens is 1. The van der Waals surface area contributed by atoms with Crippen LogP contribution >= 0.6 is 11.6 Å². The van der Waals surface area contributed by atoms with Crippen molar-refractivity contribution in [2.45, 2.75) is 25.4 Å². The van der Waals surface area contributed by atoms with Crippen LogP contribution in [0.5, 0.6) is 0 Å². The fourth-order valence-electron chi connectivity index (χ4n) is 1.69. The number of hydrogen-bond acceptors (Lipinski definition) is 4. The Labute approximate surface area is 94.0 Å². The average Bonchev–Trinajstić information content (AvgIpc) is 2.71. The molecule has 1 atom stereocenters. The van der Waals surface area contributed by atoms with Gasteiger partial charge in [0, 0.05) is 19.2 Å². The standard InChI is InChI=1S/C10H14ClN3O/c11-10-6-8(7-13-14-10)12-4-3-9-2-1-5-15-9/h6-7,9H,1-5H2,(H,12,14). The predicted octanol–water partition coefficient (Wildman–Crippen LogP) is 2.11. The van der Waals surface area contributed by atoms with Crippen LogP contribution in [0.25, 0.3) is 0 Å². The molecule has 1 unspecified atom stereocenters. The van der Waals surface area contributed by atoms with Crippen molar-refractivity contribution in [3.8, 4) is 0 Å². The summed E-state index contributed by atoms with van der Waals surface area (Å²) in [5.74, 6) is 0. The van der Waals surface area contributed by atoms with Gasteiger partial charge in [0.05, 0.1) is 18.0 Å². The summed E-state index contributed by atoms with van der Waals surface area (Å²) < 4.78 is 5.52. The summed E-state index contributed by atoms with van der Waals surface area (Å²) in [6.45, 7) is 1.79. The van der Waals surface area contributed by atoms with Crippen LogP contribution in [0.1, 0.15) is 19.3 Å². The van der Waals surface area contributed by atoms with E-state index in [1.165, 1.54) is 12.8 Å². The Balaban J connectivity index is 1.73. The quantitative estimate of drug-likeness (QED) is 0.856. The molecule has 5 heteroatoms. The highest BCUT2D eigenvalue weighted by molar-refractivity contribution is 6.29. The smallest absolute Gasteiger partial charge is 0.153 e. The minimum atomic E-state index is 0.414. The lowest BCUT2D eigenvalue weighted by Gasteiger charge is -2.10. The molecule has 0 aliphatic carbocycles. The number of anilines is 1. The third kappa shape index (κ3) is 3.32. The molecule has 4 nitrogen and oxygen atoms in total. The topological polar surface area (TPSA) is 47.0 Å². The van der Waals surface area contributed by atoms with E-state index in [0.29, 0.717) is 11.3 Å². The highest BCUT2D eigenvalue weighted by Gasteiger charge is 2.14. The summed E-state index contributed by atoms with van der Waals surface area (Å²) in [6, 6.07) is 1.77. The van der Waals surface area contributed by atoms with Crippen molar-refractivity contribution in [1.29, 1.82) is 0 Å². The zero-order valence-electron chi connectivity index (χ0n) is 8.45. The molecule has 2 rings (SSSR count). The van der Waals surface area contributed by atoms with E-state index in [4.69, 9.17) is 16.3 Å². The van der Waals surface area contributed by atoms with Crippen molar-refractivity contribution in [3.05, 3.63) is 17.4 Å². The molecule has 1 N–H and O–H groups in total. The van der Waals surface area contributed by atoms with E-state index in [1.807, 2.05) is 0 Å². The van der Waals surface area contributed by atoms with Crippen LogP contribution < -0.4 is 5.32 Å². The Morgan fingerprint density at radius 2 is 2.53 bits per heavy atom. The first kappa shape index (κ1) is 10.6. The van der Waals surface area contributed by atoms with Gasteiger partial charge >= 0.3 is 0 Å². The zero-order chi connectivity index (χ0) is 10.5. The van der Waals surface area contributed by atoms with Crippen LogP contribution in [0.4, 0.5) is 5.69 Å². The van der Waals surface area contributed by atoms with Crippen LogP contribution in [-0.4, -0.2) is 29.5 Å². The van der Waals surface area contributed by atoms with Crippen molar-refractivity contribution in [1.82, 2.24) is 10.2 Å². The molecule has 1 aromatic rings. The molecule has 0 saturated carbocycles. The van der Waals surface area contributed by atoms with Gasteiger partial charge in [-0.05, 0) is 19.3 Å². The maximum atomic E-state index is 5.71. The summed E-state index contributed by atoms with van der Waals surface area (Å²) in [6.07, 6.45) is 5.48. The van der Waals surface area contributed by atoms with Gasteiger partial charge in [-0.2, -0.15) is 5.10 Å². The maximum absolute atomic E-state index is 5.71. The molecule has 0 bridgehead atoms. The minimum absolute atomic E-state index is 0.414. The Bertz CT molecular complexity index is 315. The van der Waals surface area contributed by atoms with E-state index in [9.17, 15) is 0 Å². The average molecular weight is 228 g/mol. The van der Waals surface area contributed by atoms with Crippen LogP contribution in [0, 0.1) is 0 Å². The fourth-order valence-corrected chi connectivity index (χ4v) is 1.85. The summed E-state index contributed by atoms with van der Waals surface area (Å²) in [4.78, 5) is 0. The Kier molecular flexibility index (Phi) is 3.75. The number of ether oxygens (including phenoxy) is 1. The van der Waals surface area contributed by atoms with E-state index < -0.39 is 0 Å². The van der Waals surface area contributed by atoms with Crippen molar-refractivity contribution in [2.24, 2.45) is 0 Å². The fraction of sp³-hybridized carbons (Fsp3) is 0.600. The lowest BCUT2D eigenvalue weighted by atomic mass is 10.2. The van der Waals surface area contributed by atoms with Gasteiger partial charge in [-0.3, -0.25) is 0 Å². The molecule has 15 heavy (non-hydrogen) atoms. The second-order valence-corrected chi connectivity index (χ2v) is 4.00. The van der Waals surface area contributed by atoms with Crippen molar-refractivity contribution >= 4 is 17.3 Å². The second kappa shape index (κ2) is 5.28. The third-order valence-electron chi connectivity index (χ3n) is 2.44. The van der Waals surface area contributed by atoms with E-state index in [-0.39, 0.29) is 0 Å². The molecule has 1 fully saturated rings. The zero-order valence-corrected chi connectivity index (χ0v) is 9.20. The number of nitrogens with zero attached hydrogens (tertiary/aromatic N) is 2. The van der Waals surface area contributed by atoms with Crippen LogP contribution in [0.15, 0.2) is 12.3 Å². The van der Waals surface area contributed by atoms with E-state index in [2.05, 4.69) is 15.5 Å². The van der Waals surface area contributed by atoms with Crippen LogP contribution in [0.2, 0.25) is 5.15 Å². The monoisotopic (exact) mass is 227 g/mol. The van der Waals surface area contributed by atoms with Crippen LogP contribution in [-0.2, 0) is 4.74 Å². The molecule has 2 heterocycles. The molecule has 82 valence electrons. The number of aromatic nitrogens is 2. The number of hydrogen-bond donors (Lipinski definition) is 1. The first-order chi connectivity index (χ1) is 7.34. The van der Waals surface area contributed by atoms with Crippen molar-refractivity contribution in [2.75, 3.05) is 18.5 Å². The minimum Gasteiger partial charge on any atom is -0.384 e. The summed E-state index contributed by atoms with van der Waals surface area (Å²) >= 11 is 5.71. The number of rotatable bonds is 4. The van der Waals surface area contributed by atoms with Gasteiger partial charge in [0.15, 0.2) is 5.15 Å². The molecule has 0 radical (unpaired) electrons. The van der Waals surface area contributed by atoms with Crippen molar-refractivity contribution < 1.29 is 4.74 Å². The maximum Gasteiger partial charge on any atom is 0.153 e. The van der Waals surface area contributed by atoms with E-state index in [1.54, 1.807) is 12.3 Å². The lowest BCUT2D eigenvalue weighted by molar-refractivity contribution is 0.107. The molecule has 1 saturated heterocycles. The molecule has 1 aliphatic rings. The number of nitrogens with one attached hydrogen (secondary N) is 1. The molecular formula is C10H14ClN3O. The van der Waals surface area contributed by atoms with Gasteiger partial charge in [-0.15, -0.1) is 5.10 Å². The van der Waals surface area contributed by atoms with Gasteiger partial charge in [-0.25, -0.2) is 0 Å². The molecule has 0 amide bonds. The molecule has 0 spiro atoms. The highest BCUT2D eigenvalue weighted by atomic mass is 35.5. The lowest BCUT2D eigenvalue weighted by Crippen LogP contribution is -2.12. The van der Waals surface area contributed by atoms with Gasteiger partial charge in [-0.1, -0.05) is 11.6 Å². The molecular weight excluding hydrogens is 214 g/mol. The van der Waals surface area contributed by atoms with Gasteiger partial charge in [0.1, 0.15) is 0 Å². The molecule has 1 aliphatic heterocycles. The Morgan fingerprint density at radius 3 is 3.27 bits per heavy atom. The second-order valence-electron chi connectivity index (χ2n) is 3.62. The van der Waals surface area contributed by atoms with Crippen LogP contribution in [0.3, 0.4) is 0 Å².